The second kappa shape index (κ2) is 5.43. The molecule has 4 nitrogen and oxygen atoms in total. The first-order valence-electron chi connectivity index (χ1n) is 6.57. The van der Waals surface area contributed by atoms with E-state index in [4.69, 9.17) is 5.11 Å². The molecule has 1 atom stereocenters. The van der Waals surface area contributed by atoms with Gasteiger partial charge in [-0.05, 0) is 36.0 Å². The first-order chi connectivity index (χ1) is 8.97. The lowest BCUT2D eigenvalue weighted by Crippen LogP contribution is -2.31. The zero-order chi connectivity index (χ0) is 14.0. The Hall–Kier alpha value is -1.84. The molecule has 102 valence electrons. The number of hydrogen-bond donors (Lipinski definition) is 1. The van der Waals surface area contributed by atoms with E-state index in [1.54, 1.807) is 11.9 Å². The van der Waals surface area contributed by atoms with Crippen LogP contribution in [0.4, 0.5) is 5.69 Å². The zero-order valence-electron chi connectivity index (χ0n) is 11.3. The van der Waals surface area contributed by atoms with Gasteiger partial charge >= 0.3 is 5.97 Å². The number of carboxylic acid groups (broad SMARTS) is 1. The Bertz CT molecular complexity index is 510. The second-order valence-corrected chi connectivity index (χ2v) is 5.32. The van der Waals surface area contributed by atoms with E-state index in [1.807, 2.05) is 19.1 Å². The van der Waals surface area contributed by atoms with Gasteiger partial charge in [-0.2, -0.15) is 0 Å². The van der Waals surface area contributed by atoms with Gasteiger partial charge in [0.2, 0.25) is 5.91 Å². The minimum absolute atomic E-state index is 0.124. The number of amides is 1. The van der Waals surface area contributed by atoms with E-state index in [2.05, 4.69) is 6.07 Å². The maximum Gasteiger partial charge on any atom is 0.303 e. The van der Waals surface area contributed by atoms with Crippen molar-refractivity contribution in [3.05, 3.63) is 29.3 Å². The summed E-state index contributed by atoms with van der Waals surface area (Å²) in [7, 11) is 1.80. The van der Waals surface area contributed by atoms with Crippen molar-refractivity contribution >= 4 is 17.6 Å². The van der Waals surface area contributed by atoms with Crippen LogP contribution in [0.3, 0.4) is 0 Å². The second-order valence-electron chi connectivity index (χ2n) is 5.32. The smallest absolute Gasteiger partial charge is 0.303 e. The van der Waals surface area contributed by atoms with Crippen LogP contribution < -0.4 is 4.90 Å². The number of carbonyl (C=O) groups excluding carboxylic acids is 1. The van der Waals surface area contributed by atoms with E-state index >= 15 is 0 Å². The quantitative estimate of drug-likeness (QED) is 0.904. The number of aliphatic carboxylic acids is 1. The predicted octanol–water partition coefficient (Wildman–Crippen LogP) is 2.25. The molecular weight excluding hydrogens is 242 g/mol. The summed E-state index contributed by atoms with van der Waals surface area (Å²) in [6.07, 6.45) is 2.28. The summed E-state index contributed by atoms with van der Waals surface area (Å²) < 4.78 is 0. The third-order valence-electron chi connectivity index (χ3n) is 3.59. The molecule has 0 saturated heterocycles. The van der Waals surface area contributed by atoms with Gasteiger partial charge < -0.3 is 10.0 Å². The van der Waals surface area contributed by atoms with Crippen LogP contribution in [-0.4, -0.2) is 24.0 Å². The summed E-state index contributed by atoms with van der Waals surface area (Å²) in [5, 5.41) is 8.77. The minimum atomic E-state index is -0.754. The van der Waals surface area contributed by atoms with Crippen molar-refractivity contribution in [2.75, 3.05) is 11.9 Å². The van der Waals surface area contributed by atoms with E-state index in [1.165, 1.54) is 5.56 Å². The van der Waals surface area contributed by atoms with Crippen molar-refractivity contribution in [1.82, 2.24) is 0 Å². The molecule has 0 radical (unpaired) electrons. The van der Waals surface area contributed by atoms with Crippen LogP contribution in [0.5, 0.6) is 0 Å². The molecule has 1 aromatic carbocycles. The molecule has 1 aliphatic heterocycles. The Balaban J connectivity index is 2.13. The third-order valence-corrected chi connectivity index (χ3v) is 3.59. The van der Waals surface area contributed by atoms with Crippen molar-refractivity contribution in [3.63, 3.8) is 0 Å². The number of anilines is 1. The van der Waals surface area contributed by atoms with Crippen LogP contribution in [0.1, 0.15) is 30.9 Å². The maximum atomic E-state index is 11.6. The SMILES string of the molecule is CC(CC(=O)O)Cc1ccc2c(c1)CCC(=O)N2C. The van der Waals surface area contributed by atoms with Crippen molar-refractivity contribution in [2.45, 2.75) is 32.6 Å². The number of carboxylic acids is 1. The maximum absolute atomic E-state index is 11.6. The molecule has 0 bridgehead atoms. The third kappa shape index (κ3) is 3.13. The Kier molecular flexibility index (Phi) is 3.88. The Morgan fingerprint density at radius 1 is 1.42 bits per heavy atom. The number of nitrogens with zero attached hydrogens (tertiary/aromatic N) is 1. The summed E-state index contributed by atoms with van der Waals surface area (Å²) in [6, 6.07) is 6.07. The standard InChI is InChI=1S/C15H19NO3/c1-10(8-15(18)19)7-11-3-5-13-12(9-11)4-6-14(17)16(13)2/h3,5,9-10H,4,6-8H2,1-2H3,(H,18,19). The highest BCUT2D eigenvalue weighted by atomic mass is 16.4. The largest absolute Gasteiger partial charge is 0.481 e. The molecule has 1 aliphatic rings. The highest BCUT2D eigenvalue weighted by Gasteiger charge is 2.21. The molecular formula is C15H19NO3. The summed E-state index contributed by atoms with van der Waals surface area (Å²) in [5.74, 6) is -0.478. The first-order valence-corrected chi connectivity index (χ1v) is 6.57. The molecule has 1 aromatic rings. The molecule has 1 amide bonds. The number of benzene rings is 1. The van der Waals surface area contributed by atoms with E-state index in [-0.39, 0.29) is 18.2 Å². The van der Waals surface area contributed by atoms with Crippen molar-refractivity contribution < 1.29 is 14.7 Å². The lowest BCUT2D eigenvalue weighted by molar-refractivity contribution is -0.138. The zero-order valence-corrected chi connectivity index (χ0v) is 11.3. The lowest BCUT2D eigenvalue weighted by Gasteiger charge is -2.26. The van der Waals surface area contributed by atoms with Crippen molar-refractivity contribution in [1.29, 1.82) is 0 Å². The van der Waals surface area contributed by atoms with Crippen LogP contribution in [0, 0.1) is 5.92 Å². The van der Waals surface area contributed by atoms with Gasteiger partial charge in [0, 0.05) is 25.6 Å². The predicted molar refractivity (Wildman–Crippen MR) is 73.3 cm³/mol. The van der Waals surface area contributed by atoms with Gasteiger partial charge in [0.15, 0.2) is 0 Å². The molecule has 0 spiro atoms. The Labute approximate surface area is 113 Å². The van der Waals surface area contributed by atoms with E-state index in [0.29, 0.717) is 6.42 Å². The molecule has 0 aliphatic carbocycles. The van der Waals surface area contributed by atoms with Gasteiger partial charge in [-0.25, -0.2) is 0 Å². The van der Waals surface area contributed by atoms with E-state index < -0.39 is 5.97 Å². The molecule has 0 fully saturated rings. The normalized spacial score (nSPS) is 16.1. The van der Waals surface area contributed by atoms with Crippen LogP contribution in [0.25, 0.3) is 0 Å². The number of hydrogen-bond acceptors (Lipinski definition) is 2. The fraction of sp³-hybridized carbons (Fsp3) is 0.467. The molecule has 1 N–H and O–H groups in total. The van der Waals surface area contributed by atoms with Crippen LogP contribution in [-0.2, 0) is 22.4 Å². The summed E-state index contributed by atoms with van der Waals surface area (Å²) in [4.78, 5) is 24.0. The van der Waals surface area contributed by atoms with Crippen LogP contribution in [0.2, 0.25) is 0 Å². The van der Waals surface area contributed by atoms with Gasteiger partial charge in [0.1, 0.15) is 0 Å². The number of fused-ring (bicyclic) bond motifs is 1. The molecule has 2 rings (SSSR count). The lowest BCUT2D eigenvalue weighted by atomic mass is 9.93. The molecule has 1 heterocycles. The topological polar surface area (TPSA) is 57.6 Å². The average molecular weight is 261 g/mol. The molecule has 1 unspecified atom stereocenters. The van der Waals surface area contributed by atoms with E-state index in [0.717, 1.165) is 24.1 Å². The van der Waals surface area contributed by atoms with Gasteiger partial charge in [0.05, 0.1) is 0 Å². The minimum Gasteiger partial charge on any atom is -0.481 e. The average Bonchev–Trinajstić information content (AvgIpc) is 2.33. The highest BCUT2D eigenvalue weighted by Crippen LogP contribution is 2.28. The molecule has 4 heteroatoms. The van der Waals surface area contributed by atoms with Crippen molar-refractivity contribution in [2.24, 2.45) is 5.92 Å². The van der Waals surface area contributed by atoms with Gasteiger partial charge in [0.25, 0.3) is 0 Å². The number of carbonyl (C=O) groups is 2. The summed E-state index contributed by atoms with van der Waals surface area (Å²) in [5.41, 5.74) is 3.31. The fourth-order valence-corrected chi connectivity index (χ4v) is 2.61. The number of rotatable bonds is 4. The van der Waals surface area contributed by atoms with Crippen LogP contribution in [0.15, 0.2) is 18.2 Å². The van der Waals surface area contributed by atoms with Gasteiger partial charge in [-0.15, -0.1) is 0 Å². The van der Waals surface area contributed by atoms with E-state index in [9.17, 15) is 9.59 Å². The molecule has 0 saturated carbocycles. The summed E-state index contributed by atoms with van der Waals surface area (Å²) in [6.45, 7) is 1.95. The fourth-order valence-electron chi connectivity index (χ4n) is 2.61. The first kappa shape index (κ1) is 13.6. The van der Waals surface area contributed by atoms with Gasteiger partial charge in [-0.1, -0.05) is 19.1 Å². The van der Waals surface area contributed by atoms with Crippen LogP contribution >= 0.6 is 0 Å². The van der Waals surface area contributed by atoms with Gasteiger partial charge in [-0.3, -0.25) is 9.59 Å². The number of aryl methyl sites for hydroxylation is 1. The Morgan fingerprint density at radius 3 is 2.84 bits per heavy atom. The monoisotopic (exact) mass is 261 g/mol. The summed E-state index contributed by atoms with van der Waals surface area (Å²) >= 11 is 0. The molecule has 19 heavy (non-hydrogen) atoms. The van der Waals surface area contributed by atoms with Crippen molar-refractivity contribution in [3.8, 4) is 0 Å². The highest BCUT2D eigenvalue weighted by molar-refractivity contribution is 5.95. The molecule has 0 aromatic heterocycles. The Morgan fingerprint density at radius 2 is 2.16 bits per heavy atom.